The lowest BCUT2D eigenvalue weighted by molar-refractivity contribution is -0.438. The summed E-state index contributed by atoms with van der Waals surface area (Å²) >= 11 is 0. The zero-order valence-electron chi connectivity index (χ0n) is 33.7. The highest BCUT2D eigenvalue weighted by molar-refractivity contribution is 6.24. The van der Waals surface area contributed by atoms with Crippen LogP contribution in [-0.2, 0) is 15.6 Å². The zero-order valence-corrected chi connectivity index (χ0v) is 33.7. The second kappa shape index (κ2) is 15.7. The van der Waals surface area contributed by atoms with Gasteiger partial charge in [0.25, 0.3) is 0 Å². The van der Waals surface area contributed by atoms with Gasteiger partial charge in [-0.15, -0.1) is 0 Å². The number of benzene rings is 4. The molecule has 0 fully saturated rings. The summed E-state index contributed by atoms with van der Waals surface area (Å²) in [6, 6.07) is 26.1. The van der Waals surface area contributed by atoms with Crippen molar-refractivity contribution < 1.29 is 14.5 Å². The number of Topliss-reactive ketones (excluding diaryl/α,β-unsaturated/α-hetero) is 1. The summed E-state index contributed by atoms with van der Waals surface area (Å²) < 4.78 is 2.41. The third-order valence-corrected chi connectivity index (χ3v) is 12.5. The van der Waals surface area contributed by atoms with Crippen molar-refractivity contribution >= 4 is 44.4 Å². The molecule has 0 bridgehead atoms. The maximum Gasteiger partial charge on any atom is 0.210 e. The Kier molecular flexibility index (Phi) is 11.0. The van der Waals surface area contributed by atoms with Crippen molar-refractivity contribution in [2.75, 3.05) is 18.0 Å². The molecule has 54 heavy (non-hydrogen) atoms. The molecule has 0 saturated carbocycles. The fourth-order valence-electron chi connectivity index (χ4n) is 9.54. The van der Waals surface area contributed by atoms with Crippen molar-refractivity contribution in [2.24, 2.45) is 0 Å². The van der Waals surface area contributed by atoms with Gasteiger partial charge in [0.15, 0.2) is 11.5 Å². The van der Waals surface area contributed by atoms with E-state index >= 15 is 0 Å². The van der Waals surface area contributed by atoms with Crippen LogP contribution >= 0.6 is 0 Å². The van der Waals surface area contributed by atoms with E-state index in [0.29, 0.717) is 11.1 Å². The predicted molar refractivity (Wildman–Crippen MR) is 226 cm³/mol. The summed E-state index contributed by atoms with van der Waals surface area (Å²) in [4.78, 5) is 16.7. The van der Waals surface area contributed by atoms with E-state index in [1.165, 1.54) is 108 Å². The lowest BCUT2D eigenvalue weighted by Gasteiger charge is -2.33. The van der Waals surface area contributed by atoms with Gasteiger partial charge in [0, 0.05) is 58.6 Å². The second-order valence-corrected chi connectivity index (χ2v) is 17.0. The highest BCUT2D eigenvalue weighted by Crippen LogP contribution is 2.52. The first-order valence-electron chi connectivity index (χ1n) is 21.0. The maximum absolute atomic E-state index is 14.3. The van der Waals surface area contributed by atoms with Gasteiger partial charge < -0.3 is 10.0 Å². The molecule has 7 rings (SSSR count). The van der Waals surface area contributed by atoms with E-state index in [0.717, 1.165) is 37.3 Å². The number of hydrogen-bond acceptors (Lipinski definition) is 3. The monoisotopic (exact) mass is 720 g/mol. The lowest BCUT2D eigenvalue weighted by atomic mass is 9.76. The van der Waals surface area contributed by atoms with Gasteiger partial charge in [-0.1, -0.05) is 146 Å². The van der Waals surface area contributed by atoms with Gasteiger partial charge in [0.1, 0.15) is 6.54 Å². The molecule has 2 heterocycles. The molecule has 4 aromatic carbocycles. The predicted octanol–water partition coefficient (Wildman–Crippen LogP) is 11.9. The van der Waals surface area contributed by atoms with Crippen LogP contribution in [0.2, 0.25) is 0 Å². The molecule has 1 aliphatic carbocycles. The normalized spacial score (nSPS) is 18.8. The third-order valence-electron chi connectivity index (χ3n) is 12.5. The number of anilines is 1. The fraction of sp³-hybridized carbons (Fsp3) is 0.440. The van der Waals surface area contributed by atoms with Crippen molar-refractivity contribution in [3.63, 3.8) is 0 Å². The Hall–Kier alpha value is -4.44. The Balaban J connectivity index is 1.26. The van der Waals surface area contributed by atoms with Crippen molar-refractivity contribution in [2.45, 2.75) is 129 Å². The molecule has 0 radical (unpaired) electrons. The van der Waals surface area contributed by atoms with E-state index in [4.69, 9.17) is 0 Å². The summed E-state index contributed by atoms with van der Waals surface area (Å²) in [6.45, 7) is 15.3. The first kappa shape index (κ1) is 37.9. The number of hydrogen-bond donors (Lipinski definition) is 0. The Bertz CT molecular complexity index is 2190. The average Bonchev–Trinajstić information content (AvgIpc) is 3.53. The first-order valence-corrected chi connectivity index (χ1v) is 21.0. The Morgan fingerprint density at radius 3 is 1.87 bits per heavy atom. The highest BCUT2D eigenvalue weighted by Gasteiger charge is 2.47. The van der Waals surface area contributed by atoms with E-state index < -0.39 is 0 Å². The maximum atomic E-state index is 14.3. The lowest BCUT2D eigenvalue weighted by Crippen LogP contribution is -2.35. The van der Waals surface area contributed by atoms with E-state index in [9.17, 15) is 9.90 Å². The van der Waals surface area contributed by atoms with Crippen LogP contribution in [0, 0.1) is 0 Å². The van der Waals surface area contributed by atoms with E-state index in [1.807, 2.05) is 12.2 Å². The van der Waals surface area contributed by atoms with Gasteiger partial charge in [-0.25, -0.2) is 0 Å². The third kappa shape index (κ3) is 6.75. The Morgan fingerprint density at radius 1 is 0.648 bits per heavy atom. The molecule has 0 spiro atoms. The number of carbonyl (C=O) groups excluding carboxylic acids is 1. The van der Waals surface area contributed by atoms with E-state index in [-0.39, 0.29) is 22.4 Å². The van der Waals surface area contributed by atoms with Crippen molar-refractivity contribution in [3.8, 4) is 0 Å². The smallest absolute Gasteiger partial charge is 0.210 e. The molecule has 0 N–H and O–H groups in total. The molecule has 0 unspecified atom stereocenters. The Labute approximate surface area is 324 Å². The molecular weight excluding hydrogens is 661 g/mol. The van der Waals surface area contributed by atoms with Crippen molar-refractivity contribution in [1.29, 1.82) is 0 Å². The topological polar surface area (TPSA) is 46.4 Å². The molecular formula is C50H60N2O2. The zero-order chi connectivity index (χ0) is 38.0. The summed E-state index contributed by atoms with van der Waals surface area (Å²) in [6.07, 6.45) is 18.5. The van der Waals surface area contributed by atoms with E-state index in [2.05, 4.69) is 124 Å². The molecule has 0 amide bonds. The minimum atomic E-state index is -0.371. The minimum absolute atomic E-state index is 0.132. The molecule has 4 nitrogen and oxygen atoms in total. The number of unbranched alkanes of at least 4 members (excludes halogenated alkanes) is 10. The Morgan fingerprint density at radius 2 is 1.22 bits per heavy atom. The average molecular weight is 721 g/mol. The van der Waals surface area contributed by atoms with Crippen LogP contribution in [0.15, 0.2) is 108 Å². The molecule has 282 valence electrons. The number of allylic oxidation sites excluding steroid dienone is 5. The largest absolute Gasteiger partial charge is 0.871 e. The van der Waals surface area contributed by atoms with Crippen LogP contribution in [0.3, 0.4) is 0 Å². The SMILES string of the molecule is CCCCCCCCN1/C(=C\C2=C([O-])C(=C/C3=[N+](CCCCCCCC)c4ccc5ccccc5c4C3(C)C)/C2=O)C(C)(C)c2c1ccc1ccccc21. The summed E-state index contributed by atoms with van der Waals surface area (Å²) in [7, 11) is 0. The van der Waals surface area contributed by atoms with Crippen LogP contribution in [0.4, 0.5) is 11.4 Å². The molecule has 0 atom stereocenters. The number of fused-ring (bicyclic) bond motifs is 6. The molecule has 3 aliphatic rings. The molecule has 4 heteroatoms. The van der Waals surface area contributed by atoms with Gasteiger partial charge in [-0.2, -0.15) is 4.58 Å². The van der Waals surface area contributed by atoms with Crippen LogP contribution in [-0.4, -0.2) is 29.2 Å². The highest BCUT2D eigenvalue weighted by atomic mass is 16.3. The van der Waals surface area contributed by atoms with Crippen molar-refractivity contribution in [3.05, 3.63) is 119 Å². The standard InChI is InChI=1S/C50H60N2O2/c1-7-9-11-13-15-21-31-51-41-29-27-35-23-17-19-25-37(35)45(41)49(3,4)43(51)33-39-47(53)40(48(39)54)34-44-50(5,6)46-38-26-20-18-24-36(38)28-30-42(46)52(44)32-22-16-14-12-10-8-2/h17-20,23-30,33-34H,7-16,21-22,31-32H2,1-6H3. The van der Waals surface area contributed by atoms with Crippen LogP contribution in [0.1, 0.15) is 130 Å². The van der Waals surface area contributed by atoms with Crippen LogP contribution in [0.25, 0.3) is 21.5 Å². The van der Waals surface area contributed by atoms with Crippen molar-refractivity contribution in [1.82, 2.24) is 0 Å². The van der Waals surface area contributed by atoms with Gasteiger partial charge in [-0.05, 0) is 72.0 Å². The number of rotatable bonds is 16. The summed E-state index contributed by atoms with van der Waals surface area (Å²) in [5.74, 6) is -0.264. The summed E-state index contributed by atoms with van der Waals surface area (Å²) in [5, 5.41) is 19.2. The van der Waals surface area contributed by atoms with Gasteiger partial charge in [0.05, 0.1) is 5.41 Å². The van der Waals surface area contributed by atoms with Gasteiger partial charge in [0.2, 0.25) is 5.69 Å². The molecule has 0 saturated heterocycles. The molecule has 2 aliphatic heterocycles. The first-order chi connectivity index (χ1) is 26.1. The minimum Gasteiger partial charge on any atom is -0.871 e. The summed E-state index contributed by atoms with van der Waals surface area (Å²) in [5.41, 5.74) is 6.96. The number of nitrogens with zero attached hydrogens (tertiary/aromatic N) is 2. The van der Waals surface area contributed by atoms with Crippen LogP contribution in [0.5, 0.6) is 0 Å². The molecule has 0 aromatic heterocycles. The van der Waals surface area contributed by atoms with Gasteiger partial charge in [-0.3, -0.25) is 4.79 Å². The quantitative estimate of drug-likeness (QED) is 0.0658. The number of ketones is 1. The molecule has 4 aromatic rings. The van der Waals surface area contributed by atoms with Gasteiger partial charge >= 0.3 is 0 Å². The fourth-order valence-corrected chi connectivity index (χ4v) is 9.54. The number of carbonyl (C=O) groups is 1. The van der Waals surface area contributed by atoms with Crippen LogP contribution < -0.4 is 10.0 Å². The van der Waals surface area contributed by atoms with E-state index in [1.54, 1.807) is 0 Å². The second-order valence-electron chi connectivity index (χ2n) is 17.0.